The molecule has 0 radical (unpaired) electrons. The maximum Gasteiger partial charge on any atom is 0.341 e. The summed E-state index contributed by atoms with van der Waals surface area (Å²) in [4.78, 5) is 18.6. The van der Waals surface area contributed by atoms with Crippen molar-refractivity contribution < 1.29 is 13.9 Å². The van der Waals surface area contributed by atoms with Crippen LogP contribution in [0.2, 0.25) is 0 Å². The number of thioether (sulfide) groups is 1. The number of para-hydroxylation sites is 1. The zero-order valence-corrected chi connectivity index (χ0v) is 13.3. The normalized spacial score (nSPS) is 16.0. The summed E-state index contributed by atoms with van der Waals surface area (Å²) in [7, 11) is 1.36. The number of rotatable bonds is 5. The van der Waals surface area contributed by atoms with Gasteiger partial charge in [0, 0.05) is 38.5 Å². The van der Waals surface area contributed by atoms with E-state index in [2.05, 4.69) is 15.2 Å². The standard InChI is InChI=1S/C15H19N3O3S/c1-20-14(19)11-3-2-4-12-13(11)21-15(17-12)22-10-9-18-7-5-16-6-8-18/h2-4,16H,5-10H2,1H3. The number of benzene rings is 1. The van der Waals surface area contributed by atoms with E-state index in [1.165, 1.54) is 7.11 Å². The first-order chi connectivity index (χ1) is 10.8. The van der Waals surface area contributed by atoms with E-state index in [0.29, 0.717) is 21.9 Å². The third-order valence-electron chi connectivity index (χ3n) is 3.64. The number of carbonyl (C=O) groups is 1. The summed E-state index contributed by atoms with van der Waals surface area (Å²) in [6, 6.07) is 5.31. The van der Waals surface area contributed by atoms with Gasteiger partial charge < -0.3 is 14.5 Å². The van der Waals surface area contributed by atoms with E-state index in [1.807, 2.05) is 6.07 Å². The van der Waals surface area contributed by atoms with Crippen molar-refractivity contribution in [1.82, 2.24) is 15.2 Å². The summed E-state index contributed by atoms with van der Waals surface area (Å²) >= 11 is 1.58. The van der Waals surface area contributed by atoms with Crippen LogP contribution < -0.4 is 5.32 Å². The molecule has 1 aliphatic rings. The van der Waals surface area contributed by atoms with Gasteiger partial charge in [0.15, 0.2) is 5.58 Å². The van der Waals surface area contributed by atoms with E-state index < -0.39 is 5.97 Å². The molecule has 0 atom stereocenters. The van der Waals surface area contributed by atoms with Gasteiger partial charge in [0.2, 0.25) is 0 Å². The number of hydrogen-bond donors (Lipinski definition) is 1. The first-order valence-corrected chi connectivity index (χ1v) is 8.30. The molecule has 0 amide bonds. The van der Waals surface area contributed by atoms with Crippen LogP contribution in [0.3, 0.4) is 0 Å². The van der Waals surface area contributed by atoms with Crippen LogP contribution in [0.25, 0.3) is 11.1 Å². The Balaban J connectivity index is 1.65. The summed E-state index contributed by atoms with van der Waals surface area (Å²) in [5.41, 5.74) is 1.60. The highest BCUT2D eigenvalue weighted by molar-refractivity contribution is 7.99. The summed E-state index contributed by atoms with van der Waals surface area (Å²) in [6.45, 7) is 5.28. The monoisotopic (exact) mass is 321 g/mol. The van der Waals surface area contributed by atoms with Gasteiger partial charge in [0.25, 0.3) is 5.22 Å². The number of piperazine rings is 1. The molecule has 0 unspecified atom stereocenters. The first kappa shape index (κ1) is 15.3. The Kier molecular flexibility index (Phi) is 4.97. The fourth-order valence-electron chi connectivity index (χ4n) is 2.46. The minimum absolute atomic E-state index is 0.404. The summed E-state index contributed by atoms with van der Waals surface area (Å²) in [5.74, 6) is 0.513. The Morgan fingerprint density at radius 2 is 2.27 bits per heavy atom. The zero-order chi connectivity index (χ0) is 15.4. The van der Waals surface area contributed by atoms with Crippen LogP contribution in [0.5, 0.6) is 0 Å². The molecule has 1 N–H and O–H groups in total. The van der Waals surface area contributed by atoms with E-state index in [-0.39, 0.29) is 0 Å². The van der Waals surface area contributed by atoms with Gasteiger partial charge in [-0.3, -0.25) is 4.90 Å². The van der Waals surface area contributed by atoms with Gasteiger partial charge in [-0.2, -0.15) is 0 Å². The highest BCUT2D eigenvalue weighted by Gasteiger charge is 2.16. The molecule has 0 spiro atoms. The number of methoxy groups -OCH3 is 1. The molecule has 118 valence electrons. The average molecular weight is 321 g/mol. The van der Waals surface area contributed by atoms with Crippen molar-refractivity contribution >= 4 is 28.8 Å². The van der Waals surface area contributed by atoms with E-state index >= 15 is 0 Å². The molecule has 1 aromatic heterocycles. The van der Waals surface area contributed by atoms with Gasteiger partial charge in [0.05, 0.1) is 7.11 Å². The van der Waals surface area contributed by atoms with Crippen molar-refractivity contribution in [3.8, 4) is 0 Å². The van der Waals surface area contributed by atoms with E-state index in [1.54, 1.807) is 23.9 Å². The lowest BCUT2D eigenvalue weighted by Gasteiger charge is -2.26. The molecule has 1 aromatic carbocycles. The smallest absolute Gasteiger partial charge is 0.341 e. The average Bonchev–Trinajstić information content (AvgIpc) is 2.98. The Bertz CT molecular complexity index is 653. The molecule has 1 fully saturated rings. The van der Waals surface area contributed by atoms with Gasteiger partial charge in [-0.25, -0.2) is 9.78 Å². The number of nitrogens with zero attached hydrogens (tertiary/aromatic N) is 2. The fraction of sp³-hybridized carbons (Fsp3) is 0.467. The van der Waals surface area contributed by atoms with Gasteiger partial charge in [0.1, 0.15) is 11.1 Å². The quantitative estimate of drug-likeness (QED) is 0.663. The highest BCUT2D eigenvalue weighted by Crippen LogP contribution is 2.26. The van der Waals surface area contributed by atoms with Gasteiger partial charge in [-0.15, -0.1) is 0 Å². The van der Waals surface area contributed by atoms with Crippen LogP contribution in [0, 0.1) is 0 Å². The van der Waals surface area contributed by atoms with Gasteiger partial charge in [-0.05, 0) is 12.1 Å². The predicted octanol–water partition coefficient (Wildman–Crippen LogP) is 1.61. The van der Waals surface area contributed by atoms with E-state index in [0.717, 1.165) is 38.5 Å². The molecule has 7 heteroatoms. The third kappa shape index (κ3) is 3.43. The van der Waals surface area contributed by atoms with Gasteiger partial charge in [-0.1, -0.05) is 17.8 Å². The molecule has 0 bridgehead atoms. The molecule has 0 saturated carbocycles. The number of nitrogens with one attached hydrogen (secondary N) is 1. The topological polar surface area (TPSA) is 67.6 Å². The lowest BCUT2D eigenvalue weighted by atomic mass is 10.2. The number of oxazole rings is 1. The second kappa shape index (κ2) is 7.13. The van der Waals surface area contributed by atoms with E-state index in [4.69, 9.17) is 9.15 Å². The third-order valence-corrected chi connectivity index (χ3v) is 4.45. The summed E-state index contributed by atoms with van der Waals surface area (Å²) < 4.78 is 10.5. The SMILES string of the molecule is COC(=O)c1cccc2nc(SCCN3CCNCC3)oc12. The molecule has 22 heavy (non-hydrogen) atoms. The maximum absolute atomic E-state index is 11.7. The molecular weight excluding hydrogens is 302 g/mol. The molecule has 1 aliphatic heterocycles. The molecule has 1 saturated heterocycles. The fourth-order valence-corrected chi connectivity index (χ4v) is 3.29. The van der Waals surface area contributed by atoms with Crippen molar-refractivity contribution in [3.05, 3.63) is 23.8 Å². The molecule has 6 nitrogen and oxygen atoms in total. The zero-order valence-electron chi connectivity index (χ0n) is 12.5. The molecule has 0 aliphatic carbocycles. The molecular formula is C15H19N3O3S. The Labute approximate surface area is 133 Å². The number of ether oxygens (including phenoxy) is 1. The number of carbonyl (C=O) groups excluding carboxylic acids is 1. The second-order valence-electron chi connectivity index (χ2n) is 5.07. The molecule has 2 aromatic rings. The lowest BCUT2D eigenvalue weighted by molar-refractivity contribution is 0.0601. The number of hydrogen-bond acceptors (Lipinski definition) is 7. The summed E-state index contributed by atoms with van der Waals surface area (Å²) in [5, 5.41) is 3.94. The summed E-state index contributed by atoms with van der Waals surface area (Å²) in [6.07, 6.45) is 0. The van der Waals surface area contributed by atoms with Crippen LogP contribution in [-0.4, -0.2) is 61.4 Å². The van der Waals surface area contributed by atoms with Crippen molar-refractivity contribution in [2.45, 2.75) is 5.22 Å². The van der Waals surface area contributed by atoms with Crippen molar-refractivity contribution in [2.75, 3.05) is 45.6 Å². The van der Waals surface area contributed by atoms with Crippen molar-refractivity contribution in [1.29, 1.82) is 0 Å². The minimum atomic E-state index is -0.404. The van der Waals surface area contributed by atoms with Crippen molar-refractivity contribution in [3.63, 3.8) is 0 Å². The van der Waals surface area contributed by atoms with Crippen LogP contribution in [0.15, 0.2) is 27.8 Å². The van der Waals surface area contributed by atoms with Gasteiger partial charge >= 0.3 is 5.97 Å². The first-order valence-electron chi connectivity index (χ1n) is 7.31. The Morgan fingerprint density at radius 3 is 3.05 bits per heavy atom. The van der Waals surface area contributed by atoms with Crippen LogP contribution in [0.4, 0.5) is 0 Å². The minimum Gasteiger partial charge on any atom is -0.465 e. The number of aromatic nitrogens is 1. The highest BCUT2D eigenvalue weighted by atomic mass is 32.2. The maximum atomic E-state index is 11.7. The molecule has 2 heterocycles. The lowest BCUT2D eigenvalue weighted by Crippen LogP contribution is -2.44. The van der Waals surface area contributed by atoms with Crippen LogP contribution in [-0.2, 0) is 4.74 Å². The van der Waals surface area contributed by atoms with E-state index in [9.17, 15) is 4.79 Å². The Morgan fingerprint density at radius 1 is 1.45 bits per heavy atom. The predicted molar refractivity (Wildman–Crippen MR) is 85.4 cm³/mol. The molecule has 3 rings (SSSR count). The van der Waals surface area contributed by atoms with Crippen LogP contribution in [0.1, 0.15) is 10.4 Å². The largest absolute Gasteiger partial charge is 0.465 e. The van der Waals surface area contributed by atoms with Crippen LogP contribution >= 0.6 is 11.8 Å². The van der Waals surface area contributed by atoms with Crippen molar-refractivity contribution in [2.24, 2.45) is 0 Å². The number of esters is 1. The number of fused-ring (bicyclic) bond motifs is 1. The second-order valence-corrected chi connectivity index (χ2v) is 6.11. The Hall–Kier alpha value is -1.57.